The van der Waals surface area contributed by atoms with E-state index in [4.69, 9.17) is 10.00 Å². The summed E-state index contributed by atoms with van der Waals surface area (Å²) < 4.78 is 20.9. The lowest BCUT2D eigenvalue weighted by Gasteiger charge is -2.11. The van der Waals surface area contributed by atoms with Crippen LogP contribution in [0.4, 0.5) is 4.39 Å². The molecule has 0 saturated heterocycles. The zero-order valence-corrected chi connectivity index (χ0v) is 12.0. The van der Waals surface area contributed by atoms with Crippen LogP contribution in [-0.4, -0.2) is 24.8 Å². The number of nitrogens with one attached hydrogen (secondary N) is 1. The summed E-state index contributed by atoms with van der Waals surface area (Å²) in [6, 6.07) is 10.5. The van der Waals surface area contributed by atoms with E-state index in [1.165, 1.54) is 6.07 Å². The van der Waals surface area contributed by atoms with E-state index < -0.39 is 0 Å². The maximum absolute atomic E-state index is 13.9. The van der Waals surface area contributed by atoms with Crippen molar-refractivity contribution in [1.82, 2.24) is 9.88 Å². The van der Waals surface area contributed by atoms with Crippen molar-refractivity contribution in [2.75, 3.05) is 20.3 Å². The third-order valence-corrected chi connectivity index (χ3v) is 3.24. The number of rotatable bonds is 7. The Morgan fingerprint density at radius 1 is 1.38 bits per heavy atom. The second kappa shape index (κ2) is 7.58. The predicted octanol–water partition coefficient (Wildman–Crippen LogP) is 2.28. The number of nitrogens with zero attached hydrogens (tertiary/aromatic N) is 2. The van der Waals surface area contributed by atoms with Crippen LogP contribution in [0.25, 0.3) is 0 Å². The van der Waals surface area contributed by atoms with Crippen LogP contribution >= 0.6 is 0 Å². The second-order valence-electron chi connectivity index (χ2n) is 4.71. The molecule has 1 aromatic heterocycles. The molecule has 1 aromatic carbocycles. The molecule has 1 N–H and O–H groups in total. The molecule has 0 aliphatic carbocycles. The number of benzene rings is 1. The van der Waals surface area contributed by atoms with Crippen molar-refractivity contribution < 1.29 is 9.13 Å². The van der Waals surface area contributed by atoms with Gasteiger partial charge in [0.15, 0.2) is 0 Å². The number of hydrogen-bond donors (Lipinski definition) is 1. The van der Waals surface area contributed by atoms with Gasteiger partial charge in [0.1, 0.15) is 5.82 Å². The molecule has 21 heavy (non-hydrogen) atoms. The molecule has 5 heteroatoms. The third kappa shape index (κ3) is 4.15. The van der Waals surface area contributed by atoms with Gasteiger partial charge in [0.05, 0.1) is 24.8 Å². The lowest BCUT2D eigenvalue weighted by molar-refractivity contribution is 0.199. The number of hydrogen-bond acceptors (Lipinski definition) is 3. The zero-order valence-electron chi connectivity index (χ0n) is 12.0. The minimum atomic E-state index is -0.346. The third-order valence-electron chi connectivity index (χ3n) is 3.24. The molecule has 1 heterocycles. The summed E-state index contributed by atoms with van der Waals surface area (Å²) in [6.45, 7) is 2.58. The summed E-state index contributed by atoms with van der Waals surface area (Å²) in [4.78, 5) is 0. The summed E-state index contributed by atoms with van der Waals surface area (Å²) in [5.74, 6) is -0.346. The SMILES string of the molecule is COCCNCc1cccn1Cc1ccc(C#N)cc1F. The molecule has 2 rings (SSSR count). The number of nitriles is 1. The van der Waals surface area contributed by atoms with Gasteiger partial charge < -0.3 is 14.6 Å². The Kier molecular flexibility index (Phi) is 5.50. The minimum absolute atomic E-state index is 0.338. The molecule has 0 unspecified atom stereocenters. The summed E-state index contributed by atoms with van der Waals surface area (Å²) in [7, 11) is 1.66. The Balaban J connectivity index is 2.03. The van der Waals surface area contributed by atoms with Gasteiger partial charge in [-0.1, -0.05) is 6.07 Å². The highest BCUT2D eigenvalue weighted by Gasteiger charge is 2.07. The molecule has 0 spiro atoms. The van der Waals surface area contributed by atoms with Crippen LogP contribution in [0.2, 0.25) is 0 Å². The van der Waals surface area contributed by atoms with Crippen LogP contribution in [0.1, 0.15) is 16.8 Å². The molecule has 0 atom stereocenters. The summed E-state index contributed by atoms with van der Waals surface area (Å²) in [5.41, 5.74) is 1.99. The molecule has 0 radical (unpaired) electrons. The fourth-order valence-corrected chi connectivity index (χ4v) is 2.08. The van der Waals surface area contributed by atoms with Gasteiger partial charge in [0.2, 0.25) is 0 Å². The van der Waals surface area contributed by atoms with E-state index in [0.717, 1.165) is 12.2 Å². The topological polar surface area (TPSA) is 50.0 Å². The standard InChI is InChI=1S/C16H18FN3O/c1-21-8-6-19-11-15-3-2-7-20(15)12-14-5-4-13(10-18)9-16(14)17/h2-5,7,9,19H,6,8,11-12H2,1H3. The lowest BCUT2D eigenvalue weighted by Crippen LogP contribution is -2.20. The van der Waals surface area contributed by atoms with Gasteiger partial charge in [0, 0.05) is 37.7 Å². The predicted molar refractivity (Wildman–Crippen MR) is 78.2 cm³/mol. The van der Waals surface area contributed by atoms with Gasteiger partial charge in [-0.15, -0.1) is 0 Å². The largest absolute Gasteiger partial charge is 0.383 e. The maximum atomic E-state index is 13.9. The van der Waals surface area contributed by atoms with Crippen molar-refractivity contribution in [3.05, 3.63) is 59.2 Å². The minimum Gasteiger partial charge on any atom is -0.383 e. The molecule has 2 aromatic rings. The van der Waals surface area contributed by atoms with Gasteiger partial charge in [-0.3, -0.25) is 0 Å². The van der Waals surface area contributed by atoms with Crippen molar-refractivity contribution in [1.29, 1.82) is 5.26 Å². The van der Waals surface area contributed by atoms with Gasteiger partial charge >= 0.3 is 0 Å². The van der Waals surface area contributed by atoms with Crippen LogP contribution < -0.4 is 5.32 Å². The summed E-state index contributed by atoms with van der Waals surface area (Å²) in [5, 5.41) is 12.0. The van der Waals surface area contributed by atoms with Gasteiger partial charge in [0.25, 0.3) is 0 Å². The molecule has 0 aliphatic rings. The summed E-state index contributed by atoms with van der Waals surface area (Å²) >= 11 is 0. The summed E-state index contributed by atoms with van der Waals surface area (Å²) in [6.07, 6.45) is 1.92. The highest BCUT2D eigenvalue weighted by atomic mass is 19.1. The van der Waals surface area contributed by atoms with Crippen LogP contribution in [0, 0.1) is 17.1 Å². The highest BCUT2D eigenvalue weighted by Crippen LogP contribution is 2.13. The molecule has 0 saturated carbocycles. The van der Waals surface area contributed by atoms with Crippen LogP contribution in [0.3, 0.4) is 0 Å². The fourth-order valence-electron chi connectivity index (χ4n) is 2.08. The van der Waals surface area contributed by atoms with Crippen molar-refractivity contribution in [2.24, 2.45) is 0 Å². The van der Waals surface area contributed by atoms with Gasteiger partial charge in [-0.25, -0.2) is 4.39 Å². The second-order valence-corrected chi connectivity index (χ2v) is 4.71. The van der Waals surface area contributed by atoms with Crippen LogP contribution in [0.15, 0.2) is 36.5 Å². The van der Waals surface area contributed by atoms with E-state index in [-0.39, 0.29) is 5.82 Å². The molecule has 4 nitrogen and oxygen atoms in total. The highest BCUT2D eigenvalue weighted by molar-refractivity contribution is 5.33. The van der Waals surface area contributed by atoms with Crippen molar-refractivity contribution in [3.63, 3.8) is 0 Å². The first-order valence-electron chi connectivity index (χ1n) is 6.77. The van der Waals surface area contributed by atoms with E-state index in [9.17, 15) is 4.39 Å². The average molecular weight is 287 g/mol. The van der Waals surface area contributed by atoms with E-state index in [0.29, 0.717) is 30.8 Å². The van der Waals surface area contributed by atoms with E-state index in [2.05, 4.69) is 5.32 Å². The van der Waals surface area contributed by atoms with E-state index >= 15 is 0 Å². The van der Waals surface area contributed by atoms with Crippen LogP contribution in [-0.2, 0) is 17.8 Å². The molecular weight excluding hydrogens is 269 g/mol. The van der Waals surface area contributed by atoms with Gasteiger partial charge in [-0.2, -0.15) is 5.26 Å². The Labute approximate surface area is 123 Å². The Hall–Kier alpha value is -2.16. The van der Waals surface area contributed by atoms with Gasteiger partial charge in [-0.05, 0) is 24.3 Å². The Bertz CT molecular complexity index is 631. The van der Waals surface area contributed by atoms with Crippen molar-refractivity contribution in [2.45, 2.75) is 13.1 Å². The Morgan fingerprint density at radius 2 is 2.24 bits per heavy atom. The molecule has 0 bridgehead atoms. The quantitative estimate of drug-likeness (QED) is 0.795. The number of aromatic nitrogens is 1. The maximum Gasteiger partial charge on any atom is 0.129 e. The lowest BCUT2D eigenvalue weighted by atomic mass is 10.1. The number of ether oxygens (including phenoxy) is 1. The normalized spacial score (nSPS) is 10.5. The molecule has 0 fully saturated rings. The molecular formula is C16H18FN3O. The van der Waals surface area contributed by atoms with Crippen molar-refractivity contribution in [3.8, 4) is 6.07 Å². The molecule has 0 amide bonds. The Morgan fingerprint density at radius 3 is 2.95 bits per heavy atom. The fraction of sp³-hybridized carbons (Fsp3) is 0.312. The number of halogens is 1. The van der Waals surface area contributed by atoms with E-state index in [1.807, 2.05) is 29.0 Å². The zero-order chi connectivity index (χ0) is 15.1. The van der Waals surface area contributed by atoms with E-state index in [1.54, 1.807) is 19.2 Å². The monoisotopic (exact) mass is 287 g/mol. The first kappa shape index (κ1) is 15.2. The smallest absolute Gasteiger partial charge is 0.129 e. The number of methoxy groups -OCH3 is 1. The van der Waals surface area contributed by atoms with Crippen LogP contribution in [0.5, 0.6) is 0 Å². The average Bonchev–Trinajstić information content (AvgIpc) is 2.93. The molecule has 0 aliphatic heterocycles. The first-order chi connectivity index (χ1) is 10.2. The first-order valence-corrected chi connectivity index (χ1v) is 6.77. The van der Waals surface area contributed by atoms with Crippen molar-refractivity contribution >= 4 is 0 Å². The molecule has 110 valence electrons.